The van der Waals surface area contributed by atoms with E-state index in [9.17, 15) is 58.3 Å². The van der Waals surface area contributed by atoms with Crippen LogP contribution in [0.4, 0.5) is 5.82 Å². The number of nitrogen functional groups attached to an aromatic ring is 1. The first-order valence-corrected chi connectivity index (χ1v) is 17.6. The fourth-order valence-electron chi connectivity index (χ4n) is 4.62. The lowest BCUT2D eigenvalue weighted by Crippen LogP contribution is -2.58. The summed E-state index contributed by atoms with van der Waals surface area (Å²) in [6, 6.07) is 0. The van der Waals surface area contributed by atoms with Crippen molar-refractivity contribution in [3.8, 4) is 0 Å². The SMILES string of the molecule is Nc1ncnc2c1ncn2[C@]1(C2O[C@H](CO)[C@@H](O)[C@H]2O)O[C@H](COP(=O)(O)OP(=O)(O)OP(=O)(O)O)[C@@H](O)[C@H]1OP(=O)(O)O. The third-order valence-electron chi connectivity index (χ3n) is 6.20. The van der Waals surface area contributed by atoms with Gasteiger partial charge in [0.25, 0.3) is 0 Å². The minimum absolute atomic E-state index is 0.164. The largest absolute Gasteiger partial charge is 0.490 e. The van der Waals surface area contributed by atoms with Crippen LogP contribution in [0.15, 0.2) is 12.7 Å². The number of phosphoric acid groups is 4. The highest BCUT2D eigenvalue weighted by atomic mass is 31.3. The molecule has 44 heavy (non-hydrogen) atoms. The molecule has 2 aromatic rings. The predicted molar refractivity (Wildman–Crippen MR) is 133 cm³/mol. The Labute approximate surface area is 243 Å². The third-order valence-corrected chi connectivity index (χ3v) is 10.5. The lowest BCUT2D eigenvalue weighted by atomic mass is 9.92. The van der Waals surface area contributed by atoms with Gasteiger partial charge in [0.1, 0.15) is 54.6 Å². The highest BCUT2D eigenvalue weighted by molar-refractivity contribution is 7.66. The van der Waals surface area contributed by atoms with Gasteiger partial charge in [0, 0.05) is 0 Å². The number of aliphatic hydroxyl groups is 4. The van der Waals surface area contributed by atoms with Crippen LogP contribution < -0.4 is 5.73 Å². The molecule has 2 aliphatic rings. The van der Waals surface area contributed by atoms with Crippen LogP contribution in [0.2, 0.25) is 0 Å². The number of anilines is 1. The van der Waals surface area contributed by atoms with Gasteiger partial charge in [0.15, 0.2) is 11.5 Å². The fourth-order valence-corrected chi connectivity index (χ4v) is 8.22. The quantitative estimate of drug-likeness (QED) is 0.0934. The molecule has 0 saturated carbocycles. The van der Waals surface area contributed by atoms with Gasteiger partial charge in [-0.25, -0.2) is 33.2 Å². The van der Waals surface area contributed by atoms with Crippen LogP contribution in [-0.2, 0) is 51.1 Å². The number of nitrogens with zero attached hydrogens (tertiary/aromatic N) is 4. The van der Waals surface area contributed by atoms with Crippen LogP contribution in [0.25, 0.3) is 11.2 Å². The summed E-state index contributed by atoms with van der Waals surface area (Å²) in [5, 5.41) is 42.1. The Morgan fingerprint density at radius 2 is 1.55 bits per heavy atom. The first kappa shape index (κ1) is 35.5. The minimum atomic E-state index is -5.97. The molecule has 0 aromatic carbocycles. The zero-order chi connectivity index (χ0) is 33.0. The van der Waals surface area contributed by atoms with Crippen LogP contribution in [0.5, 0.6) is 0 Å². The van der Waals surface area contributed by atoms with Crippen LogP contribution in [0, 0.1) is 0 Å². The Hall–Kier alpha value is -1.37. The smallest absolute Gasteiger partial charge is 0.394 e. The molecule has 25 nitrogen and oxygen atoms in total. The average molecular weight is 719 g/mol. The van der Waals surface area contributed by atoms with Crippen molar-refractivity contribution < 1.29 is 95.2 Å². The summed E-state index contributed by atoms with van der Waals surface area (Å²) in [5.41, 5.74) is 2.59. The second kappa shape index (κ2) is 12.3. The fraction of sp³-hybridized carbons (Fsp3) is 0.667. The number of imidazole rings is 1. The number of ether oxygens (including phenoxy) is 2. The number of hydrogen-bond donors (Lipinski definition) is 11. The monoisotopic (exact) mass is 719 g/mol. The van der Waals surface area contributed by atoms with Crippen LogP contribution in [-0.4, -0.2) is 125 Å². The molecule has 29 heteroatoms. The van der Waals surface area contributed by atoms with Gasteiger partial charge in [-0.1, -0.05) is 0 Å². The van der Waals surface area contributed by atoms with Crippen molar-refractivity contribution in [2.24, 2.45) is 0 Å². The van der Waals surface area contributed by atoms with Crippen LogP contribution in [0.1, 0.15) is 0 Å². The van der Waals surface area contributed by atoms with E-state index in [2.05, 4.69) is 28.1 Å². The molecule has 3 unspecified atom stereocenters. The van der Waals surface area contributed by atoms with Gasteiger partial charge in [0.2, 0.25) is 5.72 Å². The van der Waals surface area contributed by atoms with Crippen molar-refractivity contribution >= 4 is 48.3 Å². The molecule has 0 amide bonds. The number of nitrogens with two attached hydrogens (primary N) is 1. The predicted octanol–water partition coefficient (Wildman–Crippen LogP) is -3.88. The van der Waals surface area contributed by atoms with E-state index in [0.29, 0.717) is 0 Å². The lowest BCUT2D eigenvalue weighted by Gasteiger charge is -2.40. The normalized spacial score (nSPS) is 34.3. The number of rotatable bonds is 12. The molecule has 0 aliphatic carbocycles. The maximum Gasteiger partial charge on any atom is 0.490 e. The van der Waals surface area contributed by atoms with Crippen LogP contribution in [0.3, 0.4) is 0 Å². The van der Waals surface area contributed by atoms with Gasteiger partial charge in [-0.15, -0.1) is 0 Å². The number of phosphoric ester groups is 2. The van der Waals surface area contributed by atoms with E-state index in [0.717, 1.165) is 17.2 Å². The molecule has 4 heterocycles. The molecule has 250 valence electrons. The molecule has 10 atom stereocenters. The summed E-state index contributed by atoms with van der Waals surface area (Å²) in [5.74, 6) is -0.236. The molecule has 2 saturated heterocycles. The van der Waals surface area contributed by atoms with E-state index >= 15 is 0 Å². The summed E-state index contributed by atoms with van der Waals surface area (Å²) >= 11 is 0. The molecule has 0 bridgehead atoms. The van der Waals surface area contributed by atoms with Crippen molar-refractivity contribution in [3.63, 3.8) is 0 Å². The van der Waals surface area contributed by atoms with E-state index < -0.39 is 93.0 Å². The topological polar surface area (TPSA) is 396 Å². The highest BCUT2D eigenvalue weighted by Crippen LogP contribution is 2.66. The van der Waals surface area contributed by atoms with Crippen molar-refractivity contribution in [2.45, 2.75) is 48.5 Å². The maximum absolute atomic E-state index is 12.3. The third kappa shape index (κ3) is 7.28. The summed E-state index contributed by atoms with van der Waals surface area (Å²) < 4.78 is 75.6. The molecular weight excluding hydrogens is 694 g/mol. The van der Waals surface area contributed by atoms with E-state index in [1.807, 2.05) is 0 Å². The van der Waals surface area contributed by atoms with Crippen molar-refractivity contribution in [1.29, 1.82) is 0 Å². The minimum Gasteiger partial charge on any atom is -0.394 e. The molecule has 12 N–H and O–H groups in total. The standard InChI is InChI=1S/C15H25N5O20P4/c16-13-7-14(18-3-17-13)20(4-19-7)15(11-10(24)8(22)5(1-21)36-11)12(38-41(25,26)27)9(23)6(37-15)2-35-43(31,32)40-44(33,34)39-42(28,29)30/h3-6,8-12,21-24H,1-2H2,(H,31,32)(H,33,34)(H2,16,17,18)(H2,25,26,27)(H2,28,29,30)/t5-,6-,8-,9-,10-,11?,12-,15-/m1/s1. The molecule has 2 fully saturated rings. The molecule has 4 rings (SSSR count). The summed E-state index contributed by atoms with van der Waals surface area (Å²) in [6.45, 7) is -2.29. The molecule has 0 spiro atoms. The Morgan fingerprint density at radius 3 is 2.11 bits per heavy atom. The highest BCUT2D eigenvalue weighted by Gasteiger charge is 2.68. The zero-order valence-electron chi connectivity index (χ0n) is 21.3. The van der Waals surface area contributed by atoms with E-state index in [-0.39, 0.29) is 17.0 Å². The number of hydrogen-bond acceptors (Lipinski definition) is 18. The van der Waals surface area contributed by atoms with Gasteiger partial charge < -0.3 is 65.0 Å². The Balaban J connectivity index is 1.80. The lowest BCUT2D eigenvalue weighted by molar-refractivity contribution is -0.228. The van der Waals surface area contributed by atoms with Gasteiger partial charge in [-0.05, 0) is 0 Å². The first-order valence-electron chi connectivity index (χ1n) is 11.6. The van der Waals surface area contributed by atoms with Crippen molar-refractivity contribution in [3.05, 3.63) is 12.7 Å². The molecule has 2 aromatic heterocycles. The second-order valence-electron chi connectivity index (χ2n) is 9.11. The van der Waals surface area contributed by atoms with E-state index in [4.69, 9.17) is 29.5 Å². The van der Waals surface area contributed by atoms with E-state index in [1.165, 1.54) is 0 Å². The zero-order valence-corrected chi connectivity index (χ0v) is 24.9. The molecular formula is C15H25N5O20P4. The van der Waals surface area contributed by atoms with Gasteiger partial charge in [-0.2, -0.15) is 8.62 Å². The molecule has 0 radical (unpaired) electrons. The Morgan fingerprint density at radius 1 is 0.886 bits per heavy atom. The van der Waals surface area contributed by atoms with Gasteiger partial charge in [-0.3, -0.25) is 13.6 Å². The number of fused-ring (bicyclic) bond motifs is 1. The van der Waals surface area contributed by atoms with E-state index in [1.54, 1.807) is 0 Å². The summed E-state index contributed by atoms with van der Waals surface area (Å²) in [6.07, 6.45) is -12.5. The summed E-state index contributed by atoms with van der Waals surface area (Å²) in [4.78, 5) is 67.6. The van der Waals surface area contributed by atoms with Crippen LogP contribution >= 0.6 is 31.3 Å². The summed E-state index contributed by atoms with van der Waals surface area (Å²) in [7, 11) is -23.2. The number of aromatic nitrogens is 4. The van der Waals surface area contributed by atoms with Gasteiger partial charge >= 0.3 is 31.3 Å². The first-order chi connectivity index (χ1) is 20.1. The van der Waals surface area contributed by atoms with Crippen molar-refractivity contribution in [2.75, 3.05) is 18.9 Å². The molecule has 2 aliphatic heterocycles. The second-order valence-corrected chi connectivity index (χ2v) is 14.7. The average Bonchev–Trinajstić information content (AvgIpc) is 3.50. The maximum atomic E-state index is 12.3. The number of aliphatic hydroxyl groups excluding tert-OH is 4. The van der Waals surface area contributed by atoms with Gasteiger partial charge in [0.05, 0.1) is 19.5 Å². The Bertz CT molecular complexity index is 1570. The Kier molecular flexibility index (Phi) is 9.95. The van der Waals surface area contributed by atoms with Crippen molar-refractivity contribution in [1.82, 2.24) is 19.5 Å².